The van der Waals surface area contributed by atoms with Gasteiger partial charge in [-0.25, -0.2) is 9.97 Å². The molecule has 2 aromatic carbocycles. The average molecular weight is 804 g/mol. The van der Waals surface area contributed by atoms with Crippen LogP contribution in [0.5, 0.6) is 5.75 Å². The Morgan fingerprint density at radius 2 is 1.18 bits per heavy atom. The summed E-state index contributed by atoms with van der Waals surface area (Å²) in [6, 6.07) is 26.6. The zero-order valence-electron chi connectivity index (χ0n) is 29.9. The van der Waals surface area contributed by atoms with Gasteiger partial charge in [-0.3, -0.25) is 19.6 Å². The van der Waals surface area contributed by atoms with Crippen molar-refractivity contribution in [3.63, 3.8) is 0 Å². The molecule has 8 rings (SSSR count). The molecule has 0 radical (unpaired) electrons. The molecule has 0 atom stereocenters. The number of aromatic nitrogens is 6. The quantitative estimate of drug-likeness (QED) is 0.141. The number of pyridine rings is 4. The standard InChI is InChI=1S/C21H16Cl2N4O2.C21H17ClN4O/c1-29-14-6-4-13(5-7-14)11-27-12-16(15-3-2-8-25-20(15)27)21(28)26-19-17(22)9-24-10-18(19)23;22-17-5-3-16(4-6-17)13-26-14-19(18-2-1-9-24-20(18)26)21(27)25-12-15-7-10-23-11-8-15/h2-10,12H,11H2,1H3,(H,24,26,28);1-11,14H,12-13H2,(H,25,27). The predicted molar refractivity (Wildman–Crippen MR) is 220 cm³/mol. The number of benzene rings is 2. The van der Waals surface area contributed by atoms with Gasteiger partial charge in [0.2, 0.25) is 0 Å². The lowest BCUT2D eigenvalue weighted by Gasteiger charge is -2.08. The third-order valence-corrected chi connectivity index (χ3v) is 9.65. The smallest absolute Gasteiger partial charge is 0.257 e. The highest BCUT2D eigenvalue weighted by Gasteiger charge is 2.19. The van der Waals surface area contributed by atoms with Crippen LogP contribution in [0.4, 0.5) is 5.69 Å². The average Bonchev–Trinajstić information content (AvgIpc) is 3.78. The highest BCUT2D eigenvalue weighted by molar-refractivity contribution is 6.40. The highest BCUT2D eigenvalue weighted by atomic mass is 35.5. The van der Waals surface area contributed by atoms with Crippen LogP contribution in [-0.2, 0) is 19.6 Å². The molecule has 0 saturated carbocycles. The third kappa shape index (κ3) is 8.82. The minimum absolute atomic E-state index is 0.125. The number of methoxy groups -OCH3 is 1. The van der Waals surface area contributed by atoms with Crippen molar-refractivity contribution in [3.8, 4) is 5.75 Å². The number of nitrogens with one attached hydrogen (secondary N) is 2. The Labute approximate surface area is 336 Å². The maximum absolute atomic E-state index is 13.0. The molecule has 0 saturated heterocycles. The van der Waals surface area contributed by atoms with E-state index < -0.39 is 0 Å². The molecule has 0 aliphatic carbocycles. The lowest BCUT2D eigenvalue weighted by atomic mass is 10.2. The summed E-state index contributed by atoms with van der Waals surface area (Å²) in [7, 11) is 1.63. The fourth-order valence-corrected chi connectivity index (χ4v) is 6.64. The Hall–Kier alpha value is -6.27. The zero-order valence-corrected chi connectivity index (χ0v) is 32.1. The fraction of sp³-hybridized carbons (Fsp3) is 0.0952. The number of fused-ring (bicyclic) bond motifs is 2. The molecule has 0 aliphatic heterocycles. The number of anilines is 1. The van der Waals surface area contributed by atoms with Gasteiger partial charge >= 0.3 is 0 Å². The van der Waals surface area contributed by atoms with Crippen LogP contribution < -0.4 is 15.4 Å². The molecule has 8 aromatic rings. The van der Waals surface area contributed by atoms with Gasteiger partial charge in [-0.2, -0.15) is 0 Å². The second kappa shape index (κ2) is 17.5. The molecule has 6 aromatic heterocycles. The summed E-state index contributed by atoms with van der Waals surface area (Å²) in [4.78, 5) is 42.5. The lowest BCUT2D eigenvalue weighted by molar-refractivity contribution is 0.0951. The van der Waals surface area contributed by atoms with Crippen LogP contribution in [-0.4, -0.2) is 48.0 Å². The number of ether oxygens (including phenoxy) is 1. The SMILES string of the molecule is COc1ccc(Cn2cc(C(=O)Nc3c(Cl)cncc3Cl)c3cccnc32)cc1.O=C(NCc1ccncc1)c1cn(Cc2ccc(Cl)cc2)c2ncccc12. The van der Waals surface area contributed by atoms with Gasteiger partial charge in [0.25, 0.3) is 11.8 Å². The summed E-state index contributed by atoms with van der Waals surface area (Å²) < 4.78 is 9.12. The summed E-state index contributed by atoms with van der Waals surface area (Å²) in [5.41, 5.74) is 6.05. The van der Waals surface area contributed by atoms with Gasteiger partial charge in [0.15, 0.2) is 0 Å². The van der Waals surface area contributed by atoms with Crippen molar-refractivity contribution >= 4 is 74.4 Å². The van der Waals surface area contributed by atoms with Gasteiger partial charge in [-0.1, -0.05) is 59.1 Å². The number of amides is 2. The van der Waals surface area contributed by atoms with E-state index in [0.717, 1.165) is 38.9 Å². The predicted octanol–water partition coefficient (Wildman–Crippen LogP) is 9.11. The van der Waals surface area contributed by atoms with E-state index in [4.69, 9.17) is 39.5 Å². The second-order valence-corrected chi connectivity index (χ2v) is 13.8. The Bertz CT molecular complexity index is 2610. The molecule has 2 amide bonds. The van der Waals surface area contributed by atoms with Crippen LogP contribution in [0.3, 0.4) is 0 Å². The van der Waals surface area contributed by atoms with E-state index in [1.54, 1.807) is 44.2 Å². The topological polar surface area (TPSA) is 129 Å². The number of halogens is 3. The van der Waals surface area contributed by atoms with Crippen LogP contribution in [0.1, 0.15) is 37.4 Å². The van der Waals surface area contributed by atoms with Crippen molar-refractivity contribution in [2.45, 2.75) is 19.6 Å². The lowest BCUT2D eigenvalue weighted by Crippen LogP contribution is -2.22. The Morgan fingerprint density at radius 1 is 0.643 bits per heavy atom. The van der Waals surface area contributed by atoms with Gasteiger partial charge in [-0.15, -0.1) is 0 Å². The summed E-state index contributed by atoms with van der Waals surface area (Å²) in [6.07, 6.45) is 13.3. The normalized spacial score (nSPS) is 10.9. The maximum atomic E-state index is 13.0. The number of carbonyl (C=O) groups excluding carboxylic acids is 2. The molecular formula is C42H33Cl3N8O3. The molecular weight excluding hydrogens is 771 g/mol. The Kier molecular flexibility index (Phi) is 11.9. The van der Waals surface area contributed by atoms with Crippen LogP contribution in [0.15, 0.2) is 135 Å². The summed E-state index contributed by atoms with van der Waals surface area (Å²) in [5, 5.41) is 8.55. The Morgan fingerprint density at radius 3 is 1.73 bits per heavy atom. The van der Waals surface area contributed by atoms with E-state index in [2.05, 4.69) is 30.6 Å². The van der Waals surface area contributed by atoms with Crippen molar-refractivity contribution in [2.24, 2.45) is 0 Å². The van der Waals surface area contributed by atoms with Crippen LogP contribution in [0, 0.1) is 0 Å². The maximum Gasteiger partial charge on any atom is 0.257 e. The van der Waals surface area contributed by atoms with Gasteiger partial charge in [0.05, 0.1) is 34.0 Å². The second-order valence-electron chi connectivity index (χ2n) is 12.5. The molecule has 0 spiro atoms. The molecule has 280 valence electrons. The van der Waals surface area contributed by atoms with E-state index in [1.807, 2.05) is 94.2 Å². The van der Waals surface area contributed by atoms with Crippen LogP contribution >= 0.6 is 34.8 Å². The first-order valence-electron chi connectivity index (χ1n) is 17.3. The number of carbonyl (C=O) groups is 2. The van der Waals surface area contributed by atoms with Crippen molar-refractivity contribution in [3.05, 3.63) is 177 Å². The first-order valence-corrected chi connectivity index (χ1v) is 18.4. The number of hydrogen-bond donors (Lipinski definition) is 2. The molecule has 0 bridgehead atoms. The summed E-state index contributed by atoms with van der Waals surface area (Å²) >= 11 is 18.2. The summed E-state index contributed by atoms with van der Waals surface area (Å²) in [5.74, 6) is 0.335. The minimum Gasteiger partial charge on any atom is -0.497 e. The van der Waals surface area contributed by atoms with Crippen molar-refractivity contribution in [2.75, 3.05) is 12.4 Å². The fourth-order valence-electron chi connectivity index (χ4n) is 6.05. The van der Waals surface area contributed by atoms with Crippen molar-refractivity contribution in [1.29, 1.82) is 0 Å². The number of rotatable bonds is 10. The zero-order chi connectivity index (χ0) is 39.0. The molecule has 6 heterocycles. The monoisotopic (exact) mass is 802 g/mol. The van der Waals surface area contributed by atoms with E-state index in [9.17, 15) is 9.59 Å². The van der Waals surface area contributed by atoms with Gasteiger partial charge in [0.1, 0.15) is 17.0 Å². The van der Waals surface area contributed by atoms with E-state index >= 15 is 0 Å². The molecule has 0 unspecified atom stereocenters. The molecule has 0 fully saturated rings. The largest absolute Gasteiger partial charge is 0.497 e. The molecule has 0 aliphatic rings. The molecule has 2 N–H and O–H groups in total. The molecule has 11 nitrogen and oxygen atoms in total. The van der Waals surface area contributed by atoms with Crippen LogP contribution in [0.25, 0.3) is 22.1 Å². The first kappa shape index (κ1) is 38.0. The van der Waals surface area contributed by atoms with Crippen LogP contribution in [0.2, 0.25) is 15.1 Å². The highest BCUT2D eigenvalue weighted by Crippen LogP contribution is 2.30. The van der Waals surface area contributed by atoms with Gasteiger partial charge in [0, 0.05) is 85.0 Å². The third-order valence-electron chi connectivity index (χ3n) is 8.83. The minimum atomic E-state index is -0.327. The van der Waals surface area contributed by atoms with Crippen molar-refractivity contribution in [1.82, 2.24) is 34.4 Å². The first-order chi connectivity index (χ1) is 27.3. The Balaban J connectivity index is 0.000000172. The molecule has 14 heteroatoms. The summed E-state index contributed by atoms with van der Waals surface area (Å²) in [6.45, 7) is 1.62. The van der Waals surface area contributed by atoms with Crippen molar-refractivity contribution < 1.29 is 14.3 Å². The number of nitrogens with zero attached hydrogens (tertiary/aromatic N) is 6. The van der Waals surface area contributed by atoms with Gasteiger partial charge < -0.3 is 24.5 Å². The van der Waals surface area contributed by atoms with E-state index in [1.165, 1.54) is 12.4 Å². The number of hydrogen-bond acceptors (Lipinski definition) is 7. The van der Waals surface area contributed by atoms with Gasteiger partial charge in [-0.05, 0) is 77.4 Å². The van der Waals surface area contributed by atoms with E-state index in [0.29, 0.717) is 47.1 Å². The van der Waals surface area contributed by atoms with E-state index in [-0.39, 0.29) is 21.9 Å². The molecule has 56 heavy (non-hydrogen) atoms.